The number of benzene rings is 1. The van der Waals surface area contributed by atoms with E-state index >= 15 is 0 Å². The van der Waals surface area contributed by atoms with Crippen molar-refractivity contribution < 1.29 is 24.4 Å². The number of thioether (sulfide) groups is 1. The lowest BCUT2D eigenvalue weighted by Gasteiger charge is -2.05. The number of halogens is 2. The number of fused-ring (bicyclic) bond motifs is 1. The average Bonchev–Trinajstić information content (AvgIpc) is 2.73. The summed E-state index contributed by atoms with van der Waals surface area (Å²) < 4.78 is 42.8. The minimum Gasteiger partial charge on any atom is -0.497 e. The molecule has 0 spiro atoms. The summed E-state index contributed by atoms with van der Waals surface area (Å²) in [5, 5.41) is 0.897. The first-order valence-corrected chi connectivity index (χ1v) is 7.00. The number of nitrogens with one attached hydrogen (secondary N) is 1. The second-order valence-corrected chi connectivity index (χ2v) is 5.18. The van der Waals surface area contributed by atoms with Crippen molar-refractivity contribution in [3.05, 3.63) is 23.8 Å². The normalized spacial score (nSPS) is 12.3. The maximum atomic E-state index is 13.0. The maximum Gasteiger partial charge on any atom is 0.302 e. The Hall–Kier alpha value is -1.76. The third kappa shape index (κ3) is 3.87. The molecule has 1 aromatic heterocycles. The van der Waals surface area contributed by atoms with Gasteiger partial charge in [0, 0.05) is 24.2 Å². The lowest BCUT2D eigenvalue weighted by molar-refractivity contribution is -0.140. The number of ether oxygens (including phenoxy) is 2. The minimum absolute atomic E-state index is 0.0800. The van der Waals surface area contributed by atoms with Crippen LogP contribution in [-0.4, -0.2) is 30.4 Å². The first-order chi connectivity index (χ1) is 10.3. The highest BCUT2D eigenvalue weighted by Gasteiger charge is 2.17. The topological polar surface area (TPSA) is 51.3 Å². The number of rotatable bonds is 6. The third-order valence-corrected chi connectivity index (χ3v) is 3.62. The van der Waals surface area contributed by atoms with Crippen LogP contribution in [-0.2, 0) is 16.0 Å². The highest BCUT2D eigenvalue weighted by molar-refractivity contribution is 7.99. The Morgan fingerprint density at radius 2 is 2.29 bits per heavy atom. The van der Waals surface area contributed by atoms with Gasteiger partial charge < -0.3 is 14.5 Å². The predicted octanol–water partition coefficient (Wildman–Crippen LogP) is 3.60. The number of hydrogen-bond donors (Lipinski definition) is 1. The summed E-state index contributed by atoms with van der Waals surface area (Å²) in [5.41, 5.74) is -2.42. The molecule has 0 unspecified atom stereocenters. The molecule has 0 saturated carbocycles. The number of hydrogen-bond acceptors (Lipinski definition) is 4. The molecule has 1 aromatic carbocycles. The molecule has 1 N–H and O–H groups in total. The van der Waals surface area contributed by atoms with Crippen molar-refractivity contribution in [2.24, 2.45) is 0 Å². The van der Waals surface area contributed by atoms with Crippen LogP contribution in [0.3, 0.4) is 0 Å². The molecule has 1 heterocycles. The Kier molecular flexibility index (Phi) is 4.59. The van der Waals surface area contributed by atoms with Gasteiger partial charge in [-0.15, -0.1) is 0 Å². The van der Waals surface area contributed by atoms with E-state index in [9.17, 15) is 13.6 Å². The van der Waals surface area contributed by atoms with E-state index in [1.807, 2.05) is 0 Å². The fraction of sp³-hybridized carbons (Fsp3) is 0.357. The maximum absolute atomic E-state index is 13.0. The molecule has 0 aliphatic rings. The highest BCUT2D eigenvalue weighted by Crippen LogP contribution is 2.35. The van der Waals surface area contributed by atoms with E-state index in [1.54, 1.807) is 18.2 Å². The zero-order chi connectivity index (χ0) is 16.3. The van der Waals surface area contributed by atoms with Gasteiger partial charge in [0.15, 0.2) is 0 Å². The molecule has 0 amide bonds. The molecule has 0 fully saturated rings. The summed E-state index contributed by atoms with van der Waals surface area (Å²) in [6.45, 7) is 1.36. The number of esters is 1. The van der Waals surface area contributed by atoms with Crippen molar-refractivity contribution in [1.82, 2.24) is 4.98 Å². The van der Waals surface area contributed by atoms with Crippen LogP contribution in [0.25, 0.3) is 10.9 Å². The molecular weight excluding hydrogens is 300 g/mol. The van der Waals surface area contributed by atoms with E-state index in [1.165, 1.54) is 14.0 Å². The van der Waals surface area contributed by atoms with E-state index < -0.39 is 11.7 Å². The largest absolute Gasteiger partial charge is 0.497 e. The van der Waals surface area contributed by atoms with E-state index in [0.29, 0.717) is 22.2 Å². The van der Waals surface area contributed by atoms with Crippen molar-refractivity contribution in [2.45, 2.75) is 24.1 Å². The molecule has 21 heavy (non-hydrogen) atoms. The number of carbonyl (C=O) groups is 1. The van der Waals surface area contributed by atoms with Crippen molar-refractivity contribution in [3.63, 3.8) is 0 Å². The van der Waals surface area contributed by atoms with Crippen LogP contribution in [0.15, 0.2) is 23.2 Å². The van der Waals surface area contributed by atoms with Gasteiger partial charge in [-0.2, -0.15) is 8.78 Å². The minimum atomic E-state index is -3.65. The van der Waals surface area contributed by atoms with Gasteiger partial charge in [-0.1, -0.05) is 0 Å². The number of aromatic amines is 1. The van der Waals surface area contributed by atoms with E-state index in [2.05, 4.69) is 4.98 Å². The number of H-pyrrole nitrogens is 1. The standard InChI is InChI=1S/C14H15F2NO3S/c1-8(18)20-6-5-10-11-7-9(19-2)3-4-12(11)17-13(10)21-14(15)16/h3-4,7,14,17H,5-6H2,1-2H3/i14D. The molecule has 2 rings (SSSR count). The fourth-order valence-electron chi connectivity index (χ4n) is 2.04. The zero-order valence-electron chi connectivity index (χ0n) is 12.5. The molecule has 0 saturated heterocycles. The van der Waals surface area contributed by atoms with Crippen LogP contribution in [0.1, 0.15) is 13.9 Å². The molecular formula is C14H15F2NO3S. The molecule has 0 aliphatic heterocycles. The van der Waals surface area contributed by atoms with Crippen molar-refractivity contribution in [2.75, 3.05) is 13.7 Å². The summed E-state index contributed by atoms with van der Waals surface area (Å²) in [4.78, 5) is 13.7. The van der Waals surface area contributed by atoms with Crippen LogP contribution in [0, 0.1) is 0 Å². The second kappa shape index (κ2) is 6.80. The van der Waals surface area contributed by atoms with E-state index in [0.717, 1.165) is 0 Å². The molecule has 0 atom stereocenters. The predicted molar refractivity (Wildman–Crippen MR) is 77.0 cm³/mol. The van der Waals surface area contributed by atoms with Crippen molar-refractivity contribution in [3.8, 4) is 5.75 Å². The summed E-state index contributed by atoms with van der Waals surface area (Å²) >= 11 is 0.122. The van der Waals surface area contributed by atoms with Crippen molar-refractivity contribution >= 4 is 28.6 Å². The van der Waals surface area contributed by atoms with Gasteiger partial charge >= 0.3 is 5.97 Å². The lowest BCUT2D eigenvalue weighted by Crippen LogP contribution is -2.03. The van der Waals surface area contributed by atoms with E-state index in [-0.39, 0.29) is 29.8 Å². The number of aromatic nitrogens is 1. The van der Waals surface area contributed by atoms with Gasteiger partial charge in [0.25, 0.3) is 5.73 Å². The first kappa shape index (κ1) is 14.2. The summed E-state index contributed by atoms with van der Waals surface area (Å²) in [7, 11) is 1.51. The van der Waals surface area contributed by atoms with E-state index in [4.69, 9.17) is 10.8 Å². The smallest absolute Gasteiger partial charge is 0.302 e. The highest BCUT2D eigenvalue weighted by atomic mass is 32.2. The van der Waals surface area contributed by atoms with Gasteiger partial charge in [-0.05, 0) is 35.5 Å². The molecule has 0 aliphatic carbocycles. The molecule has 7 heteroatoms. The first-order valence-electron chi connectivity index (χ1n) is 6.69. The molecule has 0 radical (unpaired) electrons. The number of carbonyl (C=O) groups excluding carboxylic acids is 1. The Balaban J connectivity index is 2.40. The van der Waals surface area contributed by atoms with Crippen molar-refractivity contribution in [1.29, 1.82) is 0 Å². The van der Waals surface area contributed by atoms with Gasteiger partial charge in [-0.25, -0.2) is 0 Å². The molecule has 2 aromatic rings. The zero-order valence-corrected chi connectivity index (χ0v) is 12.4. The Labute approximate surface area is 126 Å². The fourth-order valence-corrected chi connectivity index (χ4v) is 2.69. The van der Waals surface area contributed by atoms with Gasteiger partial charge in [0.05, 0.1) is 18.7 Å². The van der Waals surface area contributed by atoms with Gasteiger partial charge in [0.2, 0.25) is 0 Å². The monoisotopic (exact) mass is 316 g/mol. The summed E-state index contributed by atoms with van der Waals surface area (Å²) in [5.74, 6) is 0.159. The molecule has 114 valence electrons. The Bertz CT molecular complexity index is 685. The number of alkyl halides is 2. The molecule has 0 bridgehead atoms. The second-order valence-electron chi connectivity index (χ2n) is 4.26. The van der Waals surface area contributed by atoms with Gasteiger partial charge in [-0.3, -0.25) is 4.79 Å². The van der Waals surface area contributed by atoms with Crippen LogP contribution >= 0.6 is 11.8 Å². The Morgan fingerprint density at radius 3 is 2.90 bits per heavy atom. The summed E-state index contributed by atoms with van der Waals surface area (Å²) in [6, 6.07) is 5.15. The molecule has 4 nitrogen and oxygen atoms in total. The van der Waals surface area contributed by atoms with Crippen LogP contribution in [0.5, 0.6) is 5.75 Å². The van der Waals surface area contributed by atoms with Crippen LogP contribution in [0.4, 0.5) is 8.78 Å². The SMILES string of the molecule is [2H]C(F)(F)Sc1[nH]c2ccc(OC)cc2c1CCOC(C)=O. The quantitative estimate of drug-likeness (QED) is 0.653. The number of methoxy groups -OCH3 is 1. The average molecular weight is 316 g/mol. The Morgan fingerprint density at radius 1 is 1.52 bits per heavy atom. The van der Waals surface area contributed by atoms with Crippen LogP contribution in [0.2, 0.25) is 0 Å². The summed E-state index contributed by atoms with van der Waals surface area (Å²) in [6.07, 6.45) is 0.269. The van der Waals surface area contributed by atoms with Gasteiger partial charge in [0.1, 0.15) is 7.12 Å². The van der Waals surface area contributed by atoms with Crippen LogP contribution < -0.4 is 4.74 Å². The lowest BCUT2D eigenvalue weighted by atomic mass is 10.1. The third-order valence-electron chi connectivity index (χ3n) is 2.91.